The van der Waals surface area contributed by atoms with Crippen LogP contribution in [0, 0.1) is 11.8 Å². The lowest BCUT2D eigenvalue weighted by atomic mass is 9.99. The van der Waals surface area contributed by atoms with Gasteiger partial charge < -0.3 is 14.2 Å². The topological polar surface area (TPSA) is 78.9 Å². The molecule has 0 aliphatic carbocycles. The number of carbonyl (C=O) groups excluding carboxylic acids is 3. The van der Waals surface area contributed by atoms with Crippen LogP contribution in [0.15, 0.2) is 0 Å². The normalized spacial score (nSPS) is 12.5. The van der Waals surface area contributed by atoms with Crippen LogP contribution < -0.4 is 0 Å². The Hall–Kier alpha value is -1.59. The first kappa shape index (κ1) is 58.4. The summed E-state index contributed by atoms with van der Waals surface area (Å²) in [5.41, 5.74) is 0. The third-order valence-electron chi connectivity index (χ3n) is 12.6. The van der Waals surface area contributed by atoms with Crippen LogP contribution in [0.3, 0.4) is 0 Å². The van der Waals surface area contributed by atoms with Crippen molar-refractivity contribution in [3.05, 3.63) is 0 Å². The maximum atomic E-state index is 12.7. The first-order valence-electron chi connectivity index (χ1n) is 26.8. The summed E-state index contributed by atoms with van der Waals surface area (Å²) in [6, 6.07) is 0. The van der Waals surface area contributed by atoms with E-state index in [9.17, 15) is 14.4 Å². The van der Waals surface area contributed by atoms with Crippen molar-refractivity contribution in [3.8, 4) is 0 Å². The van der Waals surface area contributed by atoms with E-state index in [1.807, 2.05) is 0 Å². The summed E-state index contributed by atoms with van der Waals surface area (Å²) in [5, 5.41) is 0. The first-order chi connectivity index (χ1) is 29.3. The quantitative estimate of drug-likeness (QED) is 0.0345. The molecule has 0 aliphatic rings. The van der Waals surface area contributed by atoms with E-state index < -0.39 is 6.10 Å². The molecule has 356 valence electrons. The fraction of sp³-hybridized carbons (Fsp3) is 0.944. The van der Waals surface area contributed by atoms with Gasteiger partial charge in [-0.1, -0.05) is 259 Å². The van der Waals surface area contributed by atoms with Gasteiger partial charge in [0.1, 0.15) is 13.2 Å². The molecule has 0 aromatic heterocycles. The molecule has 0 aliphatic heterocycles. The Kier molecular flexibility index (Phi) is 45.7. The summed E-state index contributed by atoms with van der Waals surface area (Å²) < 4.78 is 16.8. The minimum Gasteiger partial charge on any atom is -0.462 e. The average molecular weight is 849 g/mol. The van der Waals surface area contributed by atoms with Crippen LogP contribution in [-0.2, 0) is 28.6 Å². The Bertz CT molecular complexity index is 918. The molecule has 1 unspecified atom stereocenters. The van der Waals surface area contributed by atoms with E-state index in [-0.39, 0.29) is 31.1 Å². The van der Waals surface area contributed by atoms with Crippen molar-refractivity contribution >= 4 is 17.9 Å². The van der Waals surface area contributed by atoms with Gasteiger partial charge in [0.2, 0.25) is 0 Å². The van der Waals surface area contributed by atoms with Crippen LogP contribution in [-0.4, -0.2) is 37.2 Å². The highest BCUT2D eigenvalue weighted by Gasteiger charge is 2.19. The Labute approximate surface area is 374 Å². The minimum absolute atomic E-state index is 0.0640. The number of hydrogen-bond acceptors (Lipinski definition) is 6. The number of hydrogen-bond donors (Lipinski definition) is 0. The standard InChI is InChI=1S/C54H104O6/c1-6-8-9-10-11-22-31-36-41-46-54(57)60-51(48-59-53(56)45-40-35-30-26-25-27-32-37-42-49(3)4)47-58-52(55)44-39-34-29-24-21-19-17-15-13-12-14-16-18-20-23-28-33-38-43-50(5)7-2/h49-51H,6-48H2,1-5H3/t50?,51-/m1/s1. The molecule has 0 amide bonds. The zero-order chi connectivity index (χ0) is 44.0. The van der Waals surface area contributed by atoms with Crippen LogP contribution in [0.5, 0.6) is 0 Å². The Morgan fingerprint density at radius 3 is 0.950 bits per heavy atom. The SMILES string of the molecule is CCCCCCCCCCCC(=O)O[C@H](COC(=O)CCCCCCCCCCCCCCCCCCCCC(C)CC)COC(=O)CCCCCCCCCCC(C)C. The van der Waals surface area contributed by atoms with Gasteiger partial charge in [0.25, 0.3) is 0 Å². The molecule has 0 heterocycles. The van der Waals surface area contributed by atoms with Crippen molar-refractivity contribution < 1.29 is 28.6 Å². The van der Waals surface area contributed by atoms with Gasteiger partial charge in [0.15, 0.2) is 6.10 Å². The fourth-order valence-corrected chi connectivity index (χ4v) is 8.13. The molecule has 0 aromatic rings. The van der Waals surface area contributed by atoms with Gasteiger partial charge in [-0.25, -0.2) is 0 Å². The number of unbranched alkanes of at least 4 members (excludes halogenated alkanes) is 32. The summed E-state index contributed by atoms with van der Waals surface area (Å²) in [7, 11) is 0. The van der Waals surface area contributed by atoms with Crippen LogP contribution in [0.1, 0.15) is 298 Å². The van der Waals surface area contributed by atoms with Gasteiger partial charge >= 0.3 is 17.9 Å². The molecule has 0 saturated heterocycles. The highest BCUT2D eigenvalue weighted by atomic mass is 16.6. The van der Waals surface area contributed by atoms with E-state index in [4.69, 9.17) is 14.2 Å². The van der Waals surface area contributed by atoms with Gasteiger partial charge in [-0.05, 0) is 31.1 Å². The van der Waals surface area contributed by atoms with Crippen molar-refractivity contribution in [2.75, 3.05) is 13.2 Å². The Morgan fingerprint density at radius 2 is 0.633 bits per heavy atom. The molecule has 6 heteroatoms. The van der Waals surface area contributed by atoms with Crippen LogP contribution in [0.4, 0.5) is 0 Å². The van der Waals surface area contributed by atoms with Gasteiger partial charge in [0, 0.05) is 19.3 Å². The summed E-state index contributed by atoms with van der Waals surface area (Å²) in [6.45, 7) is 11.4. The first-order valence-corrected chi connectivity index (χ1v) is 26.8. The lowest BCUT2D eigenvalue weighted by molar-refractivity contribution is -0.167. The van der Waals surface area contributed by atoms with E-state index in [2.05, 4.69) is 34.6 Å². The number of carbonyl (C=O) groups is 3. The molecule has 0 rings (SSSR count). The maximum absolute atomic E-state index is 12.7. The largest absolute Gasteiger partial charge is 0.462 e. The minimum atomic E-state index is -0.761. The van der Waals surface area contributed by atoms with Crippen molar-refractivity contribution in [2.45, 2.75) is 304 Å². The van der Waals surface area contributed by atoms with E-state index in [1.165, 1.54) is 186 Å². The molecule has 0 fully saturated rings. The van der Waals surface area contributed by atoms with Crippen molar-refractivity contribution in [1.29, 1.82) is 0 Å². The second kappa shape index (κ2) is 46.9. The second-order valence-corrected chi connectivity index (χ2v) is 19.2. The average Bonchev–Trinajstić information content (AvgIpc) is 3.23. The fourth-order valence-electron chi connectivity index (χ4n) is 8.13. The molecule has 0 radical (unpaired) electrons. The molecular weight excluding hydrogens is 745 g/mol. The maximum Gasteiger partial charge on any atom is 0.306 e. The lowest BCUT2D eigenvalue weighted by Gasteiger charge is -2.18. The van der Waals surface area contributed by atoms with Crippen LogP contribution >= 0.6 is 0 Å². The predicted molar refractivity (Wildman–Crippen MR) is 256 cm³/mol. The van der Waals surface area contributed by atoms with E-state index in [1.54, 1.807) is 0 Å². The highest BCUT2D eigenvalue weighted by Crippen LogP contribution is 2.18. The zero-order valence-corrected chi connectivity index (χ0v) is 41.1. The second-order valence-electron chi connectivity index (χ2n) is 19.2. The van der Waals surface area contributed by atoms with Crippen molar-refractivity contribution in [3.63, 3.8) is 0 Å². The molecule has 0 saturated carbocycles. The van der Waals surface area contributed by atoms with Gasteiger partial charge in [-0.2, -0.15) is 0 Å². The Morgan fingerprint density at radius 1 is 0.350 bits per heavy atom. The molecule has 6 nitrogen and oxygen atoms in total. The molecule has 0 bridgehead atoms. The predicted octanol–water partition coefficient (Wildman–Crippen LogP) is 17.3. The molecule has 0 spiro atoms. The molecule has 0 N–H and O–H groups in total. The number of esters is 3. The molecule has 2 atom stereocenters. The van der Waals surface area contributed by atoms with Crippen molar-refractivity contribution in [2.24, 2.45) is 11.8 Å². The van der Waals surface area contributed by atoms with Crippen molar-refractivity contribution in [1.82, 2.24) is 0 Å². The van der Waals surface area contributed by atoms with Crippen LogP contribution in [0.2, 0.25) is 0 Å². The van der Waals surface area contributed by atoms with E-state index >= 15 is 0 Å². The summed E-state index contributed by atoms with van der Waals surface area (Å²) in [4.78, 5) is 37.8. The number of ether oxygens (including phenoxy) is 3. The number of rotatable bonds is 48. The highest BCUT2D eigenvalue weighted by molar-refractivity contribution is 5.71. The van der Waals surface area contributed by atoms with Gasteiger partial charge in [-0.3, -0.25) is 14.4 Å². The summed E-state index contributed by atoms with van der Waals surface area (Å²) in [5.74, 6) is 0.855. The van der Waals surface area contributed by atoms with Gasteiger partial charge in [0.05, 0.1) is 0 Å². The van der Waals surface area contributed by atoms with Gasteiger partial charge in [-0.15, -0.1) is 0 Å². The third-order valence-corrected chi connectivity index (χ3v) is 12.6. The molecule has 60 heavy (non-hydrogen) atoms. The molecular formula is C54H104O6. The van der Waals surface area contributed by atoms with E-state index in [0.29, 0.717) is 19.3 Å². The molecule has 0 aromatic carbocycles. The lowest BCUT2D eigenvalue weighted by Crippen LogP contribution is -2.30. The summed E-state index contributed by atoms with van der Waals surface area (Å²) in [6.07, 6.45) is 48.2. The third kappa shape index (κ3) is 45.9. The summed E-state index contributed by atoms with van der Waals surface area (Å²) >= 11 is 0. The monoisotopic (exact) mass is 849 g/mol. The zero-order valence-electron chi connectivity index (χ0n) is 41.1. The Balaban J connectivity index is 4.13. The van der Waals surface area contributed by atoms with E-state index in [0.717, 1.165) is 69.6 Å². The van der Waals surface area contributed by atoms with Crippen LogP contribution in [0.25, 0.3) is 0 Å². The smallest absolute Gasteiger partial charge is 0.306 e.